The molecule has 6 nitrogen and oxygen atoms in total. The van der Waals surface area contributed by atoms with Crippen LogP contribution >= 0.6 is 0 Å². The van der Waals surface area contributed by atoms with Crippen LogP contribution in [0.25, 0.3) is 0 Å². The molecular weight excluding hydrogens is 266 g/mol. The van der Waals surface area contributed by atoms with Gasteiger partial charge in [0.2, 0.25) is 5.91 Å². The van der Waals surface area contributed by atoms with Crippen molar-refractivity contribution in [2.24, 2.45) is 0 Å². The van der Waals surface area contributed by atoms with Gasteiger partial charge in [-0.15, -0.1) is 0 Å². The third kappa shape index (κ3) is 3.03. The lowest BCUT2D eigenvalue weighted by Crippen LogP contribution is -2.21. The van der Waals surface area contributed by atoms with Crippen molar-refractivity contribution in [3.8, 4) is 6.07 Å². The quantitative estimate of drug-likeness (QED) is 0.899. The predicted molar refractivity (Wildman–Crippen MR) is 80.6 cm³/mol. The Kier molecular flexibility index (Phi) is 3.94. The Hall–Kier alpha value is -2.81. The summed E-state index contributed by atoms with van der Waals surface area (Å²) in [6, 6.07) is 7.83. The average molecular weight is 283 g/mol. The maximum absolute atomic E-state index is 12.1. The van der Waals surface area contributed by atoms with Gasteiger partial charge in [-0.1, -0.05) is 12.1 Å². The lowest BCUT2D eigenvalue weighted by molar-refractivity contribution is -0.116. The van der Waals surface area contributed by atoms with E-state index in [0.29, 0.717) is 11.3 Å². The molecule has 1 aromatic carbocycles. The van der Waals surface area contributed by atoms with Gasteiger partial charge in [0.1, 0.15) is 24.0 Å². The first kappa shape index (κ1) is 14.6. The molecule has 0 radical (unpaired) electrons. The Balaban J connectivity index is 2.16. The second kappa shape index (κ2) is 5.67. The number of amides is 1. The summed E-state index contributed by atoms with van der Waals surface area (Å²) in [6.45, 7) is 5.55. The molecule has 0 saturated heterocycles. The van der Waals surface area contributed by atoms with E-state index in [0.717, 1.165) is 16.8 Å². The highest BCUT2D eigenvalue weighted by molar-refractivity contribution is 5.91. The van der Waals surface area contributed by atoms with Crippen LogP contribution in [0.5, 0.6) is 0 Å². The van der Waals surface area contributed by atoms with E-state index in [1.54, 1.807) is 6.92 Å². The topological polar surface area (TPSA) is 96.7 Å². The second-order valence-corrected chi connectivity index (χ2v) is 4.98. The Labute approximate surface area is 123 Å². The Morgan fingerprint density at radius 3 is 2.76 bits per heavy atom. The number of nitrogens with one attached hydrogen (secondary N) is 1. The Morgan fingerprint density at radius 1 is 1.43 bits per heavy atom. The number of benzene rings is 1. The zero-order valence-electron chi connectivity index (χ0n) is 12.3. The highest BCUT2D eigenvalue weighted by Crippen LogP contribution is 2.17. The molecule has 0 saturated carbocycles. The first-order valence-electron chi connectivity index (χ1n) is 6.52. The summed E-state index contributed by atoms with van der Waals surface area (Å²) in [4.78, 5) is 12.1. The smallest absolute Gasteiger partial charge is 0.246 e. The van der Waals surface area contributed by atoms with Crippen LogP contribution in [0.4, 0.5) is 11.5 Å². The van der Waals surface area contributed by atoms with Crippen molar-refractivity contribution in [2.45, 2.75) is 27.3 Å². The minimum atomic E-state index is -0.234. The zero-order valence-corrected chi connectivity index (χ0v) is 12.3. The molecule has 1 amide bonds. The van der Waals surface area contributed by atoms with Crippen LogP contribution in [0, 0.1) is 32.1 Å². The van der Waals surface area contributed by atoms with Crippen molar-refractivity contribution in [1.82, 2.24) is 9.78 Å². The van der Waals surface area contributed by atoms with Gasteiger partial charge in [-0.2, -0.15) is 10.4 Å². The maximum atomic E-state index is 12.1. The molecule has 1 aromatic heterocycles. The van der Waals surface area contributed by atoms with Gasteiger partial charge in [-0.25, -0.2) is 4.68 Å². The number of aryl methyl sites for hydroxylation is 3. The monoisotopic (exact) mass is 283 g/mol. The number of hydrogen-bond acceptors (Lipinski definition) is 4. The van der Waals surface area contributed by atoms with Crippen molar-refractivity contribution in [1.29, 1.82) is 5.26 Å². The number of carbonyl (C=O) groups is 1. The fourth-order valence-electron chi connectivity index (χ4n) is 2.05. The van der Waals surface area contributed by atoms with E-state index in [1.807, 2.05) is 38.1 Å². The number of nitriles is 1. The lowest BCUT2D eigenvalue weighted by Gasteiger charge is -2.10. The molecule has 0 bridgehead atoms. The molecule has 3 N–H and O–H groups in total. The molecule has 0 aliphatic heterocycles. The molecule has 21 heavy (non-hydrogen) atoms. The second-order valence-electron chi connectivity index (χ2n) is 4.98. The van der Waals surface area contributed by atoms with Crippen molar-refractivity contribution in [3.63, 3.8) is 0 Å². The fraction of sp³-hybridized carbons (Fsp3) is 0.267. The van der Waals surface area contributed by atoms with Gasteiger partial charge in [0, 0.05) is 5.69 Å². The van der Waals surface area contributed by atoms with Crippen molar-refractivity contribution in [2.75, 3.05) is 11.1 Å². The number of hydrogen-bond donors (Lipinski definition) is 2. The predicted octanol–water partition coefficient (Wildman–Crippen LogP) is 1.90. The molecule has 0 aliphatic carbocycles. The van der Waals surface area contributed by atoms with E-state index in [-0.39, 0.29) is 18.3 Å². The molecule has 6 heteroatoms. The highest BCUT2D eigenvalue weighted by Gasteiger charge is 2.14. The van der Waals surface area contributed by atoms with Crippen molar-refractivity contribution < 1.29 is 4.79 Å². The number of aromatic nitrogens is 2. The van der Waals surface area contributed by atoms with E-state index >= 15 is 0 Å². The number of rotatable bonds is 3. The van der Waals surface area contributed by atoms with Crippen LogP contribution in [0.1, 0.15) is 22.4 Å². The van der Waals surface area contributed by atoms with Crippen molar-refractivity contribution >= 4 is 17.4 Å². The van der Waals surface area contributed by atoms with Gasteiger partial charge in [0.15, 0.2) is 0 Å². The van der Waals surface area contributed by atoms with Crippen LogP contribution in [-0.4, -0.2) is 15.7 Å². The van der Waals surface area contributed by atoms with Gasteiger partial charge >= 0.3 is 0 Å². The van der Waals surface area contributed by atoms with Crippen LogP contribution in [0.15, 0.2) is 18.2 Å². The molecule has 0 spiro atoms. The average Bonchev–Trinajstić information content (AvgIpc) is 2.68. The van der Waals surface area contributed by atoms with Crippen LogP contribution in [0.2, 0.25) is 0 Å². The van der Waals surface area contributed by atoms with E-state index in [2.05, 4.69) is 10.4 Å². The maximum Gasteiger partial charge on any atom is 0.246 e. The number of nitrogen functional groups attached to an aromatic ring is 1. The Bertz CT molecular complexity index is 739. The first-order chi connectivity index (χ1) is 9.92. The Morgan fingerprint density at radius 2 is 2.14 bits per heavy atom. The number of nitrogens with zero attached hydrogens (tertiary/aromatic N) is 3. The molecule has 2 aromatic rings. The molecule has 0 unspecified atom stereocenters. The number of carbonyl (C=O) groups excluding carboxylic acids is 1. The fourth-order valence-corrected chi connectivity index (χ4v) is 2.05. The van der Waals surface area contributed by atoms with E-state index in [9.17, 15) is 4.79 Å². The summed E-state index contributed by atoms with van der Waals surface area (Å²) in [5.41, 5.74) is 9.46. The molecule has 0 atom stereocenters. The van der Waals surface area contributed by atoms with Gasteiger partial charge in [0.05, 0.1) is 5.69 Å². The normalized spacial score (nSPS) is 10.2. The van der Waals surface area contributed by atoms with Crippen molar-refractivity contribution in [3.05, 3.63) is 40.6 Å². The molecule has 0 fully saturated rings. The summed E-state index contributed by atoms with van der Waals surface area (Å²) >= 11 is 0. The molecule has 2 rings (SSSR count). The first-order valence-corrected chi connectivity index (χ1v) is 6.52. The van der Waals surface area contributed by atoms with Gasteiger partial charge in [0.25, 0.3) is 0 Å². The molecule has 1 heterocycles. The van der Waals surface area contributed by atoms with Crippen LogP contribution in [0.3, 0.4) is 0 Å². The summed E-state index contributed by atoms with van der Waals surface area (Å²) in [6.07, 6.45) is 0. The third-order valence-corrected chi connectivity index (χ3v) is 3.24. The van der Waals surface area contributed by atoms with Gasteiger partial charge in [-0.05, 0) is 38.0 Å². The molecule has 0 aliphatic rings. The zero-order chi connectivity index (χ0) is 15.6. The minimum absolute atomic E-state index is 0.0261. The minimum Gasteiger partial charge on any atom is -0.383 e. The summed E-state index contributed by atoms with van der Waals surface area (Å²) < 4.78 is 1.34. The van der Waals surface area contributed by atoms with E-state index in [4.69, 9.17) is 11.0 Å². The highest BCUT2D eigenvalue weighted by atomic mass is 16.2. The van der Waals surface area contributed by atoms with Gasteiger partial charge < -0.3 is 11.1 Å². The SMILES string of the molecule is Cc1ccc(C)c(NC(=O)Cn2nc(C)c(C#N)c2N)c1. The number of anilines is 2. The van der Waals surface area contributed by atoms with Crippen LogP contribution < -0.4 is 11.1 Å². The number of nitrogens with two attached hydrogens (primary N) is 1. The van der Waals surface area contributed by atoms with Crippen LogP contribution in [-0.2, 0) is 11.3 Å². The van der Waals surface area contributed by atoms with E-state index < -0.39 is 0 Å². The largest absolute Gasteiger partial charge is 0.383 e. The lowest BCUT2D eigenvalue weighted by atomic mass is 10.1. The summed E-state index contributed by atoms with van der Waals surface area (Å²) in [5, 5.41) is 15.9. The molecular formula is C15H17N5O. The summed E-state index contributed by atoms with van der Waals surface area (Å²) in [7, 11) is 0. The summed E-state index contributed by atoms with van der Waals surface area (Å²) in [5.74, 6) is -0.0199. The molecule has 108 valence electrons. The van der Waals surface area contributed by atoms with Gasteiger partial charge in [-0.3, -0.25) is 4.79 Å². The van der Waals surface area contributed by atoms with E-state index in [1.165, 1.54) is 4.68 Å². The third-order valence-electron chi connectivity index (χ3n) is 3.24. The standard InChI is InChI=1S/C15H17N5O/c1-9-4-5-10(2)13(6-9)18-14(21)8-20-15(17)12(7-16)11(3)19-20/h4-6H,8,17H2,1-3H3,(H,18,21).